The van der Waals surface area contributed by atoms with E-state index < -0.39 is 0 Å². The minimum atomic E-state index is 0.985. The van der Waals surface area contributed by atoms with Crippen LogP contribution in [-0.4, -0.2) is 19.6 Å². The molecule has 1 fully saturated rings. The number of quaternary nitrogens is 1. The van der Waals surface area contributed by atoms with Crippen molar-refractivity contribution in [2.24, 2.45) is 0 Å². The Morgan fingerprint density at radius 2 is 2.20 bits per heavy atom. The number of rotatable bonds is 2. The van der Waals surface area contributed by atoms with E-state index in [1.54, 1.807) is 4.90 Å². The summed E-state index contributed by atoms with van der Waals surface area (Å²) in [5.41, 5.74) is 0. The minimum Gasteiger partial charge on any atom is -0.335 e. The van der Waals surface area contributed by atoms with Crippen molar-refractivity contribution in [1.29, 1.82) is 0 Å². The molecule has 1 N–H and O–H groups in total. The van der Waals surface area contributed by atoms with Crippen molar-refractivity contribution >= 4 is 0 Å². The Balaban J connectivity index is 2.25. The molecule has 1 aliphatic heterocycles. The molecule has 0 aromatic carbocycles. The van der Waals surface area contributed by atoms with Gasteiger partial charge in [-0.05, 0) is 25.7 Å². The molecule has 0 aromatic rings. The highest BCUT2D eigenvalue weighted by atomic mass is 15.1. The molecule has 10 heavy (non-hydrogen) atoms. The highest BCUT2D eigenvalue weighted by Crippen LogP contribution is 2.06. The molecule has 1 unspecified atom stereocenters. The molecule has 2 atom stereocenters. The van der Waals surface area contributed by atoms with Gasteiger partial charge in [-0.3, -0.25) is 0 Å². The number of piperidine rings is 1. The molecule has 1 saturated heterocycles. The van der Waals surface area contributed by atoms with Crippen LogP contribution < -0.4 is 4.90 Å². The number of nitrogens with one attached hydrogen (secondary N) is 1. The van der Waals surface area contributed by atoms with Crippen LogP contribution in [0.2, 0.25) is 0 Å². The molecule has 1 nitrogen and oxygen atoms in total. The Morgan fingerprint density at radius 1 is 1.40 bits per heavy atom. The van der Waals surface area contributed by atoms with Crippen molar-refractivity contribution in [1.82, 2.24) is 0 Å². The average Bonchev–Trinajstić information content (AvgIpc) is 1.94. The maximum absolute atomic E-state index is 2.35. The van der Waals surface area contributed by atoms with E-state index in [9.17, 15) is 0 Å². The average molecular weight is 142 g/mol. The van der Waals surface area contributed by atoms with Crippen LogP contribution in [0.5, 0.6) is 0 Å². The third kappa shape index (κ3) is 1.98. The third-order valence-corrected chi connectivity index (χ3v) is 2.71. The molecule has 0 saturated carbocycles. The summed E-state index contributed by atoms with van der Waals surface area (Å²) in [6, 6.07) is 0.985. The molecule has 60 valence electrons. The zero-order valence-corrected chi connectivity index (χ0v) is 7.32. The van der Waals surface area contributed by atoms with E-state index in [2.05, 4.69) is 14.0 Å². The van der Waals surface area contributed by atoms with Crippen LogP contribution in [0.15, 0.2) is 0 Å². The number of hydrogen-bond donors (Lipinski definition) is 1. The van der Waals surface area contributed by atoms with Crippen molar-refractivity contribution in [3.05, 3.63) is 0 Å². The quantitative estimate of drug-likeness (QED) is 0.583. The molecule has 0 amide bonds. The van der Waals surface area contributed by atoms with E-state index in [-0.39, 0.29) is 0 Å². The van der Waals surface area contributed by atoms with Crippen molar-refractivity contribution in [2.75, 3.05) is 13.6 Å². The maximum atomic E-state index is 2.35. The smallest absolute Gasteiger partial charge is 0.0872 e. The van der Waals surface area contributed by atoms with Crippen LogP contribution in [-0.2, 0) is 0 Å². The SMILES string of the molecule is CCC[C@@H]1CCCC[NH+]1C. The van der Waals surface area contributed by atoms with Gasteiger partial charge in [-0.15, -0.1) is 0 Å². The lowest BCUT2D eigenvalue weighted by Gasteiger charge is -2.28. The fraction of sp³-hybridized carbons (Fsp3) is 1.00. The van der Waals surface area contributed by atoms with Crippen LogP contribution >= 0.6 is 0 Å². The van der Waals surface area contributed by atoms with Crippen LogP contribution in [0.25, 0.3) is 0 Å². The molecular formula is C9H20N+. The van der Waals surface area contributed by atoms with Crippen LogP contribution in [0.3, 0.4) is 0 Å². The monoisotopic (exact) mass is 142 g/mol. The Hall–Kier alpha value is -0.0400. The van der Waals surface area contributed by atoms with Gasteiger partial charge in [0.15, 0.2) is 0 Å². The largest absolute Gasteiger partial charge is 0.335 e. The van der Waals surface area contributed by atoms with Gasteiger partial charge in [0.1, 0.15) is 0 Å². The van der Waals surface area contributed by atoms with Gasteiger partial charge < -0.3 is 4.90 Å². The predicted octanol–water partition coefficient (Wildman–Crippen LogP) is 0.854. The zero-order valence-electron chi connectivity index (χ0n) is 7.32. The second-order valence-electron chi connectivity index (χ2n) is 3.58. The van der Waals surface area contributed by atoms with Gasteiger partial charge in [-0.2, -0.15) is 0 Å². The van der Waals surface area contributed by atoms with Gasteiger partial charge in [0.25, 0.3) is 0 Å². The van der Waals surface area contributed by atoms with E-state index in [1.807, 2.05) is 0 Å². The molecule has 0 spiro atoms. The predicted molar refractivity (Wildman–Crippen MR) is 44.3 cm³/mol. The summed E-state index contributed by atoms with van der Waals surface area (Å²) < 4.78 is 0. The summed E-state index contributed by atoms with van der Waals surface area (Å²) in [5, 5.41) is 0. The first-order valence-corrected chi connectivity index (χ1v) is 4.67. The Labute approximate surface area is 64.4 Å². The van der Waals surface area contributed by atoms with Gasteiger partial charge >= 0.3 is 0 Å². The molecule has 1 heteroatoms. The molecule has 0 aliphatic carbocycles. The van der Waals surface area contributed by atoms with E-state index in [1.165, 1.54) is 38.6 Å². The first-order chi connectivity index (χ1) is 4.84. The lowest BCUT2D eigenvalue weighted by atomic mass is 9.99. The minimum absolute atomic E-state index is 0.985. The number of likely N-dealkylation sites (tertiary alicyclic amines) is 1. The summed E-state index contributed by atoms with van der Waals surface area (Å²) in [5.74, 6) is 0. The summed E-state index contributed by atoms with van der Waals surface area (Å²) >= 11 is 0. The van der Waals surface area contributed by atoms with Crippen LogP contribution in [0.1, 0.15) is 39.0 Å². The van der Waals surface area contributed by atoms with Crippen LogP contribution in [0, 0.1) is 0 Å². The highest BCUT2D eigenvalue weighted by molar-refractivity contribution is 4.59. The lowest BCUT2D eigenvalue weighted by molar-refractivity contribution is -0.911. The van der Waals surface area contributed by atoms with Crippen molar-refractivity contribution in [3.8, 4) is 0 Å². The zero-order chi connectivity index (χ0) is 7.40. The second-order valence-corrected chi connectivity index (χ2v) is 3.58. The summed E-state index contributed by atoms with van der Waals surface area (Å²) in [6.07, 6.45) is 7.20. The molecule has 0 bridgehead atoms. The molecule has 1 aliphatic rings. The first kappa shape index (κ1) is 8.06. The lowest BCUT2D eigenvalue weighted by Crippen LogP contribution is -3.13. The molecule has 0 aromatic heterocycles. The van der Waals surface area contributed by atoms with Gasteiger partial charge in [-0.1, -0.05) is 13.3 Å². The first-order valence-electron chi connectivity index (χ1n) is 4.67. The fourth-order valence-electron chi connectivity index (χ4n) is 1.98. The fourth-order valence-corrected chi connectivity index (χ4v) is 1.98. The van der Waals surface area contributed by atoms with E-state index in [0.717, 1.165) is 6.04 Å². The van der Waals surface area contributed by atoms with Crippen molar-refractivity contribution < 1.29 is 4.90 Å². The standard InChI is InChI=1S/C9H19N/c1-3-6-9-7-4-5-8-10(9)2/h9H,3-8H2,1-2H3/p+1/t9-/m1/s1. The highest BCUT2D eigenvalue weighted by Gasteiger charge is 2.20. The van der Waals surface area contributed by atoms with E-state index >= 15 is 0 Å². The van der Waals surface area contributed by atoms with Crippen molar-refractivity contribution in [2.45, 2.75) is 45.1 Å². The Bertz CT molecular complexity index is 88.7. The van der Waals surface area contributed by atoms with Crippen LogP contribution in [0.4, 0.5) is 0 Å². The molecule has 1 heterocycles. The van der Waals surface area contributed by atoms with Gasteiger partial charge in [0, 0.05) is 0 Å². The normalized spacial score (nSPS) is 34.2. The van der Waals surface area contributed by atoms with E-state index in [4.69, 9.17) is 0 Å². The van der Waals surface area contributed by atoms with E-state index in [0.29, 0.717) is 0 Å². The third-order valence-electron chi connectivity index (χ3n) is 2.71. The summed E-state index contributed by atoms with van der Waals surface area (Å²) in [4.78, 5) is 1.77. The Morgan fingerprint density at radius 3 is 2.80 bits per heavy atom. The summed E-state index contributed by atoms with van der Waals surface area (Å²) in [7, 11) is 2.35. The number of hydrogen-bond acceptors (Lipinski definition) is 0. The van der Waals surface area contributed by atoms with Gasteiger partial charge in [-0.25, -0.2) is 0 Å². The molecule has 1 rings (SSSR count). The van der Waals surface area contributed by atoms with Gasteiger partial charge in [0.05, 0.1) is 19.6 Å². The topological polar surface area (TPSA) is 4.44 Å². The molecular weight excluding hydrogens is 122 g/mol. The Kier molecular flexibility index (Phi) is 3.20. The second kappa shape index (κ2) is 3.97. The maximum Gasteiger partial charge on any atom is 0.0872 e. The van der Waals surface area contributed by atoms with Crippen molar-refractivity contribution in [3.63, 3.8) is 0 Å². The van der Waals surface area contributed by atoms with Gasteiger partial charge in [0.2, 0.25) is 0 Å². The summed E-state index contributed by atoms with van der Waals surface area (Å²) in [6.45, 7) is 3.70. The molecule has 0 radical (unpaired) electrons.